The van der Waals surface area contributed by atoms with Crippen molar-refractivity contribution in [2.24, 2.45) is 4.99 Å². The average Bonchev–Trinajstić information content (AvgIpc) is 3.12. The van der Waals surface area contributed by atoms with Crippen LogP contribution in [-0.2, 0) is 13.0 Å². The summed E-state index contributed by atoms with van der Waals surface area (Å²) in [5.41, 5.74) is 4.64. The van der Waals surface area contributed by atoms with Gasteiger partial charge in [0.25, 0.3) is 5.91 Å². The molecule has 1 amide bonds. The number of anilines is 1. The molecule has 3 aromatic rings. The zero-order chi connectivity index (χ0) is 23.8. The van der Waals surface area contributed by atoms with E-state index in [1.807, 2.05) is 35.9 Å². The number of rotatable bonds is 8. The number of hydrogen-bond donors (Lipinski definition) is 2. The molecule has 2 aromatic carbocycles. The standard InChI is InChI=1S/C25H31N5O3/c1-6-30-18(3)23(17(2)29-30)15-16-26-25(27-20-9-13-22(33-5)14-10-20)28-24(31)19-7-11-21(32-4)12-8-19/h7-14H,6,15-16H2,1-5H3,(H2,26,27,28,31). The molecule has 3 rings (SSSR count). The summed E-state index contributed by atoms with van der Waals surface area (Å²) in [6.45, 7) is 7.49. The fraction of sp³-hybridized carbons (Fsp3) is 0.320. The molecule has 8 heteroatoms. The monoisotopic (exact) mass is 449 g/mol. The van der Waals surface area contributed by atoms with Gasteiger partial charge in [-0.2, -0.15) is 5.10 Å². The molecule has 33 heavy (non-hydrogen) atoms. The quantitative estimate of drug-likeness (QED) is 0.401. The Balaban J connectivity index is 1.77. The number of benzene rings is 2. The van der Waals surface area contributed by atoms with Gasteiger partial charge in [0.15, 0.2) is 0 Å². The Kier molecular flexibility index (Phi) is 8.07. The molecule has 1 aromatic heterocycles. The Labute approximate surface area is 194 Å². The lowest BCUT2D eigenvalue weighted by Crippen LogP contribution is -2.36. The topological polar surface area (TPSA) is 89.8 Å². The number of amides is 1. The highest BCUT2D eigenvalue weighted by molar-refractivity contribution is 6.10. The van der Waals surface area contributed by atoms with E-state index in [2.05, 4.69) is 34.6 Å². The normalized spacial score (nSPS) is 11.2. The first-order valence-electron chi connectivity index (χ1n) is 10.9. The second kappa shape index (κ2) is 11.2. The summed E-state index contributed by atoms with van der Waals surface area (Å²) >= 11 is 0. The molecule has 0 radical (unpaired) electrons. The summed E-state index contributed by atoms with van der Waals surface area (Å²) in [4.78, 5) is 17.5. The number of aromatic nitrogens is 2. The van der Waals surface area contributed by atoms with E-state index in [1.165, 1.54) is 5.56 Å². The first kappa shape index (κ1) is 23.8. The number of nitrogens with zero attached hydrogens (tertiary/aromatic N) is 3. The zero-order valence-electron chi connectivity index (χ0n) is 19.8. The highest BCUT2D eigenvalue weighted by atomic mass is 16.5. The Morgan fingerprint density at radius 2 is 1.61 bits per heavy atom. The van der Waals surface area contributed by atoms with Gasteiger partial charge < -0.3 is 14.8 Å². The number of methoxy groups -OCH3 is 2. The smallest absolute Gasteiger partial charge is 0.257 e. The van der Waals surface area contributed by atoms with E-state index >= 15 is 0 Å². The molecule has 8 nitrogen and oxygen atoms in total. The van der Waals surface area contributed by atoms with E-state index in [0.29, 0.717) is 23.8 Å². The summed E-state index contributed by atoms with van der Waals surface area (Å²) in [6, 6.07) is 14.4. The van der Waals surface area contributed by atoms with E-state index < -0.39 is 0 Å². The van der Waals surface area contributed by atoms with E-state index in [9.17, 15) is 4.79 Å². The lowest BCUT2D eigenvalue weighted by atomic mass is 10.1. The third kappa shape index (κ3) is 6.12. The van der Waals surface area contributed by atoms with Gasteiger partial charge in [0.1, 0.15) is 11.5 Å². The van der Waals surface area contributed by atoms with Crippen LogP contribution in [0.2, 0.25) is 0 Å². The highest BCUT2D eigenvalue weighted by Gasteiger charge is 2.12. The molecule has 0 saturated heterocycles. The second-order valence-electron chi connectivity index (χ2n) is 7.48. The highest BCUT2D eigenvalue weighted by Crippen LogP contribution is 2.16. The SMILES string of the molecule is CCn1nc(C)c(CCN=C(NC(=O)c2ccc(OC)cc2)Nc2ccc(OC)cc2)c1C. The Morgan fingerprint density at radius 1 is 1.00 bits per heavy atom. The summed E-state index contributed by atoms with van der Waals surface area (Å²) in [5.74, 6) is 1.55. The van der Waals surface area contributed by atoms with Crippen LogP contribution in [0.25, 0.3) is 0 Å². The Bertz CT molecular complexity index is 1100. The molecule has 0 aliphatic heterocycles. The summed E-state index contributed by atoms with van der Waals surface area (Å²) in [5, 5.41) is 10.7. The van der Waals surface area contributed by atoms with Gasteiger partial charge in [0.2, 0.25) is 5.96 Å². The van der Waals surface area contributed by atoms with Gasteiger partial charge in [-0.05, 0) is 81.3 Å². The predicted molar refractivity (Wildman–Crippen MR) is 130 cm³/mol. The van der Waals surface area contributed by atoms with Crippen molar-refractivity contribution >= 4 is 17.6 Å². The molecule has 0 aliphatic carbocycles. The van der Waals surface area contributed by atoms with Gasteiger partial charge >= 0.3 is 0 Å². The molecule has 1 heterocycles. The minimum absolute atomic E-state index is 0.261. The summed E-state index contributed by atoms with van der Waals surface area (Å²) < 4.78 is 12.4. The van der Waals surface area contributed by atoms with Gasteiger partial charge in [-0.1, -0.05) is 0 Å². The fourth-order valence-corrected chi connectivity index (χ4v) is 3.53. The Hall–Kier alpha value is -3.81. The number of guanidine groups is 1. The zero-order valence-corrected chi connectivity index (χ0v) is 19.8. The van der Waals surface area contributed by atoms with E-state index in [1.54, 1.807) is 38.5 Å². The molecular formula is C25H31N5O3. The van der Waals surface area contributed by atoms with Crippen LogP contribution < -0.4 is 20.1 Å². The van der Waals surface area contributed by atoms with Crippen molar-refractivity contribution in [3.8, 4) is 11.5 Å². The number of hydrogen-bond acceptors (Lipinski definition) is 5. The van der Waals surface area contributed by atoms with E-state index in [4.69, 9.17) is 9.47 Å². The molecule has 0 saturated carbocycles. The third-order valence-electron chi connectivity index (χ3n) is 5.40. The third-order valence-corrected chi connectivity index (χ3v) is 5.40. The van der Waals surface area contributed by atoms with Crippen LogP contribution in [0.15, 0.2) is 53.5 Å². The van der Waals surface area contributed by atoms with Crippen molar-refractivity contribution in [3.63, 3.8) is 0 Å². The molecular weight excluding hydrogens is 418 g/mol. The molecule has 0 unspecified atom stereocenters. The van der Waals surface area contributed by atoms with E-state index in [0.717, 1.165) is 35.8 Å². The van der Waals surface area contributed by atoms with Crippen molar-refractivity contribution < 1.29 is 14.3 Å². The van der Waals surface area contributed by atoms with Gasteiger partial charge in [0.05, 0.1) is 19.9 Å². The fourth-order valence-electron chi connectivity index (χ4n) is 3.53. The van der Waals surface area contributed by atoms with Crippen LogP contribution in [0.5, 0.6) is 11.5 Å². The van der Waals surface area contributed by atoms with Crippen LogP contribution in [0.3, 0.4) is 0 Å². The molecule has 0 spiro atoms. The van der Waals surface area contributed by atoms with Crippen molar-refractivity contribution in [3.05, 3.63) is 71.0 Å². The maximum atomic E-state index is 12.8. The molecule has 2 N–H and O–H groups in total. The van der Waals surface area contributed by atoms with Crippen molar-refractivity contribution in [1.29, 1.82) is 0 Å². The molecule has 0 aliphatic rings. The van der Waals surface area contributed by atoms with Gasteiger partial charge in [-0.3, -0.25) is 19.8 Å². The van der Waals surface area contributed by atoms with Gasteiger partial charge in [-0.15, -0.1) is 0 Å². The van der Waals surface area contributed by atoms with Crippen LogP contribution in [0.4, 0.5) is 5.69 Å². The largest absolute Gasteiger partial charge is 0.497 e. The summed E-state index contributed by atoms with van der Waals surface area (Å²) in [6.07, 6.45) is 0.726. The van der Waals surface area contributed by atoms with Crippen molar-refractivity contribution in [2.75, 3.05) is 26.1 Å². The second-order valence-corrected chi connectivity index (χ2v) is 7.48. The lowest BCUT2D eigenvalue weighted by molar-refractivity contribution is 0.0977. The van der Waals surface area contributed by atoms with Crippen LogP contribution in [0.1, 0.15) is 34.2 Å². The van der Waals surface area contributed by atoms with Gasteiger partial charge in [-0.25, -0.2) is 0 Å². The van der Waals surface area contributed by atoms with Crippen molar-refractivity contribution in [2.45, 2.75) is 33.7 Å². The summed E-state index contributed by atoms with van der Waals surface area (Å²) in [7, 11) is 3.21. The average molecular weight is 450 g/mol. The van der Waals surface area contributed by atoms with E-state index in [-0.39, 0.29) is 5.91 Å². The number of ether oxygens (including phenoxy) is 2. The minimum atomic E-state index is -0.261. The molecule has 0 atom stereocenters. The lowest BCUT2D eigenvalue weighted by Gasteiger charge is -2.13. The number of nitrogens with one attached hydrogen (secondary N) is 2. The minimum Gasteiger partial charge on any atom is -0.497 e. The van der Waals surface area contributed by atoms with Gasteiger partial charge in [0, 0.05) is 30.0 Å². The molecule has 0 fully saturated rings. The maximum Gasteiger partial charge on any atom is 0.257 e. The molecule has 174 valence electrons. The first-order valence-corrected chi connectivity index (χ1v) is 10.9. The predicted octanol–water partition coefficient (Wildman–Crippen LogP) is 3.98. The Morgan fingerprint density at radius 3 is 2.15 bits per heavy atom. The number of aliphatic imine (C=N–C) groups is 1. The van der Waals surface area contributed by atoms with Crippen molar-refractivity contribution in [1.82, 2.24) is 15.1 Å². The number of carbonyl (C=O) groups excluding carboxylic acids is 1. The number of aryl methyl sites for hydroxylation is 2. The van der Waals surface area contributed by atoms with Crippen LogP contribution in [-0.4, -0.2) is 42.4 Å². The first-order chi connectivity index (χ1) is 15.9. The molecule has 0 bridgehead atoms. The maximum absolute atomic E-state index is 12.8. The van der Waals surface area contributed by atoms with Crippen LogP contribution in [0, 0.1) is 13.8 Å². The number of carbonyl (C=O) groups is 1. The van der Waals surface area contributed by atoms with Crippen LogP contribution >= 0.6 is 0 Å².